The van der Waals surface area contributed by atoms with Crippen LogP contribution in [0.1, 0.15) is 11.1 Å². The molecule has 7 nitrogen and oxygen atoms in total. The molecule has 1 unspecified atom stereocenters. The standard InChI is InChI=1S/C17H21FN4O3/c1-24-15-4-2-3-13-7-14(11-25-16(13)15)21-17(23)19-8-12-9-20-22(10-12)6-5-18/h2-4,9-10,14H,5-8,11H2,1H3,(H2,19,21,23). The summed E-state index contributed by atoms with van der Waals surface area (Å²) >= 11 is 0. The maximum Gasteiger partial charge on any atom is 0.315 e. The fraction of sp³-hybridized carbons (Fsp3) is 0.412. The SMILES string of the molecule is COc1cccc2c1OCC(NC(=O)NCc1cnn(CCF)c1)C2. The first-order chi connectivity index (χ1) is 12.2. The second kappa shape index (κ2) is 7.87. The number of benzene rings is 1. The highest BCUT2D eigenvalue weighted by molar-refractivity contribution is 5.74. The molecule has 0 spiro atoms. The van der Waals surface area contributed by atoms with E-state index in [4.69, 9.17) is 9.47 Å². The Hall–Kier alpha value is -2.77. The number of para-hydroxylation sites is 1. The van der Waals surface area contributed by atoms with Gasteiger partial charge in [-0.25, -0.2) is 9.18 Å². The predicted molar refractivity (Wildman–Crippen MR) is 89.6 cm³/mol. The molecule has 2 amide bonds. The molecule has 0 saturated heterocycles. The van der Waals surface area contributed by atoms with Gasteiger partial charge in [-0.05, 0) is 12.5 Å². The fourth-order valence-electron chi connectivity index (χ4n) is 2.77. The van der Waals surface area contributed by atoms with E-state index in [1.54, 1.807) is 19.5 Å². The van der Waals surface area contributed by atoms with Gasteiger partial charge in [0.2, 0.25) is 0 Å². The molecule has 0 aliphatic carbocycles. The summed E-state index contributed by atoms with van der Waals surface area (Å²) in [5.41, 5.74) is 1.82. The monoisotopic (exact) mass is 348 g/mol. The van der Waals surface area contributed by atoms with Crippen molar-refractivity contribution >= 4 is 6.03 Å². The van der Waals surface area contributed by atoms with E-state index in [0.29, 0.717) is 25.3 Å². The molecule has 134 valence electrons. The van der Waals surface area contributed by atoms with E-state index in [1.165, 1.54) is 4.68 Å². The van der Waals surface area contributed by atoms with Crippen LogP contribution >= 0.6 is 0 Å². The number of rotatable bonds is 6. The van der Waals surface area contributed by atoms with Gasteiger partial charge in [0.1, 0.15) is 13.3 Å². The van der Waals surface area contributed by atoms with Gasteiger partial charge in [-0.3, -0.25) is 4.68 Å². The van der Waals surface area contributed by atoms with Gasteiger partial charge in [0.25, 0.3) is 0 Å². The van der Waals surface area contributed by atoms with Crippen molar-refractivity contribution in [2.45, 2.75) is 25.6 Å². The largest absolute Gasteiger partial charge is 0.493 e. The number of hydrogen-bond donors (Lipinski definition) is 2. The third kappa shape index (κ3) is 4.20. The van der Waals surface area contributed by atoms with Crippen molar-refractivity contribution in [1.29, 1.82) is 0 Å². The average Bonchev–Trinajstić information content (AvgIpc) is 3.07. The van der Waals surface area contributed by atoms with Crippen LogP contribution in [-0.4, -0.2) is 42.2 Å². The Kier molecular flexibility index (Phi) is 5.37. The summed E-state index contributed by atoms with van der Waals surface area (Å²) in [6.07, 6.45) is 4.00. The molecular formula is C17H21FN4O3. The number of amides is 2. The number of alkyl halides is 1. The molecule has 0 radical (unpaired) electrons. The lowest BCUT2D eigenvalue weighted by atomic mass is 10.0. The maximum absolute atomic E-state index is 12.3. The van der Waals surface area contributed by atoms with Gasteiger partial charge in [-0.15, -0.1) is 0 Å². The van der Waals surface area contributed by atoms with Crippen LogP contribution < -0.4 is 20.1 Å². The zero-order chi connectivity index (χ0) is 17.6. The Morgan fingerprint density at radius 1 is 1.52 bits per heavy atom. The molecule has 1 aliphatic rings. The third-order valence-electron chi connectivity index (χ3n) is 3.96. The summed E-state index contributed by atoms with van der Waals surface area (Å²) in [7, 11) is 1.60. The van der Waals surface area contributed by atoms with Gasteiger partial charge < -0.3 is 20.1 Å². The molecular weight excluding hydrogens is 327 g/mol. The van der Waals surface area contributed by atoms with E-state index in [-0.39, 0.29) is 18.6 Å². The molecule has 0 bridgehead atoms. The van der Waals surface area contributed by atoms with Crippen LogP contribution in [0.2, 0.25) is 0 Å². The highest BCUT2D eigenvalue weighted by atomic mass is 19.1. The Bertz CT molecular complexity index is 734. The van der Waals surface area contributed by atoms with Crippen molar-refractivity contribution in [3.63, 3.8) is 0 Å². The van der Waals surface area contributed by atoms with E-state index >= 15 is 0 Å². The molecule has 25 heavy (non-hydrogen) atoms. The Morgan fingerprint density at radius 2 is 2.40 bits per heavy atom. The van der Waals surface area contributed by atoms with Crippen LogP contribution in [0, 0.1) is 0 Å². The number of nitrogens with zero attached hydrogens (tertiary/aromatic N) is 2. The lowest BCUT2D eigenvalue weighted by Crippen LogP contribution is -2.47. The average molecular weight is 348 g/mol. The Morgan fingerprint density at radius 3 is 3.20 bits per heavy atom. The normalized spacial score (nSPS) is 15.8. The number of aromatic nitrogens is 2. The smallest absolute Gasteiger partial charge is 0.315 e. The van der Waals surface area contributed by atoms with Crippen molar-refractivity contribution in [1.82, 2.24) is 20.4 Å². The van der Waals surface area contributed by atoms with Crippen molar-refractivity contribution in [3.8, 4) is 11.5 Å². The van der Waals surface area contributed by atoms with Gasteiger partial charge in [-0.1, -0.05) is 12.1 Å². The van der Waals surface area contributed by atoms with Gasteiger partial charge in [0.05, 0.1) is 25.9 Å². The van der Waals surface area contributed by atoms with Gasteiger partial charge >= 0.3 is 6.03 Å². The number of ether oxygens (including phenoxy) is 2. The maximum atomic E-state index is 12.3. The second-order valence-corrected chi connectivity index (χ2v) is 5.79. The molecule has 3 rings (SSSR count). The minimum absolute atomic E-state index is 0.117. The number of halogens is 1. The van der Waals surface area contributed by atoms with Crippen molar-refractivity contribution < 1.29 is 18.7 Å². The Labute approximate surface area is 145 Å². The van der Waals surface area contributed by atoms with E-state index in [9.17, 15) is 9.18 Å². The summed E-state index contributed by atoms with van der Waals surface area (Å²) in [5, 5.41) is 9.68. The first-order valence-electron chi connectivity index (χ1n) is 8.10. The van der Waals surface area contributed by atoms with E-state index in [1.807, 2.05) is 18.2 Å². The van der Waals surface area contributed by atoms with Crippen LogP contribution in [0.5, 0.6) is 11.5 Å². The van der Waals surface area contributed by atoms with Gasteiger partial charge in [0, 0.05) is 23.9 Å². The van der Waals surface area contributed by atoms with E-state index in [0.717, 1.165) is 16.9 Å². The summed E-state index contributed by atoms with van der Waals surface area (Å²) in [5.74, 6) is 1.44. The van der Waals surface area contributed by atoms with Crippen LogP contribution in [0.3, 0.4) is 0 Å². The number of methoxy groups -OCH3 is 1. The van der Waals surface area contributed by atoms with Crippen molar-refractivity contribution in [2.24, 2.45) is 0 Å². The van der Waals surface area contributed by atoms with Crippen LogP contribution in [0.4, 0.5) is 9.18 Å². The summed E-state index contributed by atoms with van der Waals surface area (Å²) in [4.78, 5) is 12.1. The molecule has 8 heteroatoms. The molecule has 2 aromatic rings. The minimum atomic E-state index is -0.469. The first-order valence-corrected chi connectivity index (χ1v) is 8.10. The summed E-state index contributed by atoms with van der Waals surface area (Å²) in [6, 6.07) is 5.32. The zero-order valence-corrected chi connectivity index (χ0v) is 14.0. The predicted octanol–water partition coefficient (Wildman–Crippen LogP) is 1.66. The minimum Gasteiger partial charge on any atom is -0.493 e. The molecule has 1 atom stereocenters. The first kappa shape index (κ1) is 17.1. The number of carbonyl (C=O) groups is 1. The van der Waals surface area contributed by atoms with Gasteiger partial charge in [0.15, 0.2) is 11.5 Å². The molecule has 1 aromatic carbocycles. The topological polar surface area (TPSA) is 77.4 Å². The van der Waals surface area contributed by atoms with E-state index < -0.39 is 6.67 Å². The number of urea groups is 1. The lowest BCUT2D eigenvalue weighted by Gasteiger charge is -2.27. The molecule has 2 N–H and O–H groups in total. The van der Waals surface area contributed by atoms with Crippen molar-refractivity contribution in [3.05, 3.63) is 41.7 Å². The quantitative estimate of drug-likeness (QED) is 0.832. The number of fused-ring (bicyclic) bond motifs is 1. The highest BCUT2D eigenvalue weighted by Gasteiger charge is 2.23. The highest BCUT2D eigenvalue weighted by Crippen LogP contribution is 2.34. The number of hydrogen-bond acceptors (Lipinski definition) is 4. The van der Waals surface area contributed by atoms with Crippen LogP contribution in [0.25, 0.3) is 0 Å². The zero-order valence-electron chi connectivity index (χ0n) is 14.0. The molecule has 0 saturated carbocycles. The summed E-state index contributed by atoms with van der Waals surface area (Å²) < 4.78 is 24.8. The number of aryl methyl sites for hydroxylation is 1. The molecule has 2 heterocycles. The third-order valence-corrected chi connectivity index (χ3v) is 3.96. The number of carbonyl (C=O) groups excluding carboxylic acids is 1. The Balaban J connectivity index is 1.50. The molecule has 1 aromatic heterocycles. The van der Waals surface area contributed by atoms with Crippen LogP contribution in [-0.2, 0) is 19.5 Å². The summed E-state index contributed by atoms with van der Waals surface area (Å²) in [6.45, 7) is 0.461. The molecule has 1 aliphatic heterocycles. The van der Waals surface area contributed by atoms with Crippen molar-refractivity contribution in [2.75, 3.05) is 20.4 Å². The second-order valence-electron chi connectivity index (χ2n) is 5.79. The lowest BCUT2D eigenvalue weighted by molar-refractivity contribution is 0.210. The van der Waals surface area contributed by atoms with Crippen LogP contribution in [0.15, 0.2) is 30.6 Å². The molecule has 0 fully saturated rings. The fourth-order valence-corrected chi connectivity index (χ4v) is 2.77. The number of nitrogens with one attached hydrogen (secondary N) is 2. The van der Waals surface area contributed by atoms with E-state index in [2.05, 4.69) is 15.7 Å². The van der Waals surface area contributed by atoms with Gasteiger partial charge in [-0.2, -0.15) is 5.10 Å².